The number of amides is 3. The monoisotopic (exact) mass is 597 g/mol. The Kier molecular flexibility index (Phi) is 13.4. The van der Waals surface area contributed by atoms with Crippen LogP contribution in [0.2, 0.25) is 0 Å². The van der Waals surface area contributed by atoms with Crippen molar-refractivity contribution >= 4 is 17.9 Å². The average molecular weight is 598 g/mol. The van der Waals surface area contributed by atoms with E-state index < -0.39 is 42.2 Å². The van der Waals surface area contributed by atoms with Gasteiger partial charge in [-0.05, 0) is 47.1 Å². The molecule has 43 heavy (non-hydrogen) atoms. The first-order chi connectivity index (χ1) is 20.1. The van der Waals surface area contributed by atoms with Crippen LogP contribution in [0.3, 0.4) is 0 Å². The number of hydrogen-bond acceptors (Lipinski definition) is 6. The number of benzene rings is 1. The molecule has 0 radical (unpaired) electrons. The summed E-state index contributed by atoms with van der Waals surface area (Å²) in [6, 6.07) is 6.01. The number of aliphatic hydroxyl groups is 1. The van der Waals surface area contributed by atoms with Gasteiger partial charge in [0.25, 0.3) is 5.91 Å². The van der Waals surface area contributed by atoms with E-state index in [9.17, 15) is 19.5 Å². The van der Waals surface area contributed by atoms with Gasteiger partial charge in [0.15, 0.2) is 6.10 Å². The highest BCUT2D eigenvalue weighted by molar-refractivity contribution is 5.90. The molecule has 1 aromatic heterocycles. The van der Waals surface area contributed by atoms with E-state index in [0.717, 1.165) is 11.1 Å². The number of H-pyrrole nitrogens is 1. The van der Waals surface area contributed by atoms with Crippen LogP contribution < -0.4 is 16.4 Å². The molecule has 10 heteroatoms. The van der Waals surface area contributed by atoms with Gasteiger partial charge in [-0.15, -0.1) is 6.58 Å². The minimum absolute atomic E-state index is 0.0730. The predicted molar refractivity (Wildman–Crippen MR) is 168 cm³/mol. The number of aliphatic hydroxyl groups excluding tert-OH is 1. The molecule has 3 amide bonds. The number of hydrogen-bond donors (Lipinski definition) is 5. The van der Waals surface area contributed by atoms with Crippen molar-refractivity contribution in [2.75, 3.05) is 0 Å². The van der Waals surface area contributed by atoms with Gasteiger partial charge in [-0.1, -0.05) is 78.8 Å². The first kappa shape index (κ1) is 35.5. The molecule has 2 rings (SSSR count). The topological polar surface area (TPSA) is 159 Å². The third kappa shape index (κ3) is 11.5. The van der Waals surface area contributed by atoms with E-state index in [-0.39, 0.29) is 36.0 Å². The maximum atomic E-state index is 13.8. The Morgan fingerprint density at radius 3 is 2.28 bits per heavy atom. The molecular formula is C33H51N5O5. The minimum atomic E-state index is -1.27. The number of aromatic amines is 1. The van der Waals surface area contributed by atoms with Gasteiger partial charge in [0.1, 0.15) is 6.04 Å². The molecule has 0 bridgehead atoms. The average Bonchev–Trinajstić information content (AvgIpc) is 3.42. The lowest BCUT2D eigenvalue weighted by molar-refractivity contribution is -0.134. The highest BCUT2D eigenvalue weighted by Gasteiger charge is 2.33. The second-order valence-electron chi connectivity index (χ2n) is 13.1. The van der Waals surface area contributed by atoms with Crippen molar-refractivity contribution in [3.63, 3.8) is 0 Å². The summed E-state index contributed by atoms with van der Waals surface area (Å²) in [7, 11) is 0. The summed E-state index contributed by atoms with van der Waals surface area (Å²) >= 11 is 0. The molecule has 0 aliphatic heterocycles. The van der Waals surface area contributed by atoms with Gasteiger partial charge in [-0.25, -0.2) is 9.78 Å². The molecule has 6 N–H and O–H groups in total. The van der Waals surface area contributed by atoms with Crippen LogP contribution in [0.5, 0.6) is 0 Å². The molecule has 0 spiro atoms. The second kappa shape index (κ2) is 16.3. The summed E-state index contributed by atoms with van der Waals surface area (Å²) in [4.78, 5) is 46.3. The van der Waals surface area contributed by atoms with Crippen molar-refractivity contribution < 1.29 is 24.2 Å². The zero-order valence-electron chi connectivity index (χ0n) is 26.7. The molecule has 0 aliphatic rings. The molecule has 0 saturated carbocycles. The van der Waals surface area contributed by atoms with Crippen LogP contribution in [0.1, 0.15) is 78.1 Å². The minimum Gasteiger partial charge on any atom is -0.436 e. The first-order valence-corrected chi connectivity index (χ1v) is 15.1. The molecule has 5 atom stereocenters. The van der Waals surface area contributed by atoms with E-state index in [4.69, 9.17) is 10.5 Å². The lowest BCUT2D eigenvalue weighted by atomic mass is 9.82. The molecule has 0 fully saturated rings. The smallest absolute Gasteiger partial charge is 0.405 e. The van der Waals surface area contributed by atoms with Crippen molar-refractivity contribution in [1.29, 1.82) is 0 Å². The van der Waals surface area contributed by atoms with E-state index in [1.807, 2.05) is 44.2 Å². The summed E-state index contributed by atoms with van der Waals surface area (Å²) in [5, 5.41) is 16.9. The third-order valence-corrected chi connectivity index (χ3v) is 7.57. The Hall–Kier alpha value is -3.66. The van der Waals surface area contributed by atoms with Crippen molar-refractivity contribution in [2.24, 2.45) is 23.5 Å². The highest BCUT2D eigenvalue weighted by atomic mass is 16.6. The number of allylic oxidation sites excluding steroid dienone is 1. The summed E-state index contributed by atoms with van der Waals surface area (Å²) in [6.07, 6.45) is 2.91. The first-order valence-electron chi connectivity index (χ1n) is 15.1. The lowest BCUT2D eigenvalue weighted by Crippen LogP contribution is -2.56. The van der Waals surface area contributed by atoms with Crippen LogP contribution in [0.15, 0.2) is 49.4 Å². The van der Waals surface area contributed by atoms with Crippen LogP contribution >= 0.6 is 0 Å². The van der Waals surface area contributed by atoms with E-state index in [2.05, 4.69) is 61.8 Å². The largest absolute Gasteiger partial charge is 0.436 e. The van der Waals surface area contributed by atoms with Crippen LogP contribution in [0.4, 0.5) is 4.79 Å². The van der Waals surface area contributed by atoms with Crippen molar-refractivity contribution in [1.82, 2.24) is 20.6 Å². The van der Waals surface area contributed by atoms with E-state index in [1.165, 1.54) is 6.33 Å². The number of carbonyl (C=O) groups is 3. The molecule has 0 aliphatic carbocycles. The Balaban J connectivity index is 2.34. The number of nitrogens with one attached hydrogen (secondary N) is 3. The quantitative estimate of drug-likeness (QED) is 0.183. The third-order valence-electron chi connectivity index (χ3n) is 7.57. The Bertz CT molecular complexity index is 1190. The lowest BCUT2D eigenvalue weighted by Gasteiger charge is -2.31. The number of primary amides is 1. The molecule has 0 saturated heterocycles. The van der Waals surface area contributed by atoms with Gasteiger partial charge in [0.05, 0.1) is 24.2 Å². The SMILES string of the molecule is C=C[C@@H](C[C@H](O)[C@H](CC(C)C)NC(=O)[C@H](Cc1c[nH]cn1)NC(=O)[C@H](Cc1ccccc1C(C)(C)C)OC(N)=O)C(C)C. The fourth-order valence-electron chi connectivity index (χ4n) is 5.23. The molecule has 10 nitrogen and oxygen atoms in total. The van der Waals surface area contributed by atoms with Crippen molar-refractivity contribution in [2.45, 2.75) is 104 Å². The van der Waals surface area contributed by atoms with Gasteiger partial charge in [0.2, 0.25) is 5.91 Å². The molecule has 238 valence electrons. The summed E-state index contributed by atoms with van der Waals surface area (Å²) in [5.41, 5.74) is 7.51. The zero-order chi connectivity index (χ0) is 32.3. The van der Waals surface area contributed by atoms with Crippen LogP contribution in [-0.2, 0) is 32.6 Å². The van der Waals surface area contributed by atoms with Gasteiger partial charge in [-0.3, -0.25) is 9.59 Å². The molecular weight excluding hydrogens is 546 g/mol. The van der Waals surface area contributed by atoms with Crippen LogP contribution in [0, 0.1) is 17.8 Å². The number of rotatable bonds is 16. The summed E-state index contributed by atoms with van der Waals surface area (Å²) < 4.78 is 5.27. The fourth-order valence-corrected chi connectivity index (χ4v) is 5.23. The van der Waals surface area contributed by atoms with E-state index >= 15 is 0 Å². The van der Waals surface area contributed by atoms with E-state index in [0.29, 0.717) is 18.5 Å². The number of imidazole rings is 1. The van der Waals surface area contributed by atoms with Crippen LogP contribution in [-0.4, -0.2) is 57.3 Å². The van der Waals surface area contributed by atoms with Gasteiger partial charge >= 0.3 is 6.09 Å². The molecule has 1 heterocycles. The second-order valence-corrected chi connectivity index (χ2v) is 13.1. The summed E-state index contributed by atoms with van der Waals surface area (Å²) in [6.45, 7) is 18.2. The number of nitrogens with zero attached hydrogens (tertiary/aromatic N) is 1. The van der Waals surface area contributed by atoms with E-state index in [1.54, 1.807) is 6.20 Å². The van der Waals surface area contributed by atoms with Gasteiger partial charge in [0, 0.05) is 19.0 Å². The Morgan fingerprint density at radius 1 is 1.07 bits per heavy atom. The zero-order valence-corrected chi connectivity index (χ0v) is 26.7. The standard InChI is InChI=1S/C33H51N5O5/c1-9-22(21(4)5)15-28(39)26(14-20(2)3)37-30(40)27(17-24-18-35-19-36-24)38-31(41)29(43-32(34)42)16-23-12-10-11-13-25(23)33(6,7)8/h9-13,18-22,26-29,39H,1,14-17H2,2-8H3,(H2,34,42)(H,35,36)(H,37,40)(H,38,41)/t22-,26-,27-,28-,29-/m0/s1. The predicted octanol–water partition coefficient (Wildman–Crippen LogP) is 4.18. The highest BCUT2D eigenvalue weighted by Crippen LogP contribution is 2.27. The Labute approximate surface area is 256 Å². The summed E-state index contributed by atoms with van der Waals surface area (Å²) in [5.74, 6) is -0.597. The molecule has 0 unspecified atom stereocenters. The number of carbonyl (C=O) groups excluding carboxylic acids is 3. The maximum Gasteiger partial charge on any atom is 0.405 e. The van der Waals surface area contributed by atoms with Gasteiger partial charge < -0.3 is 31.2 Å². The van der Waals surface area contributed by atoms with Crippen LogP contribution in [0.25, 0.3) is 0 Å². The number of nitrogens with two attached hydrogens (primary N) is 1. The fraction of sp³-hybridized carbons (Fsp3) is 0.576. The van der Waals surface area contributed by atoms with Gasteiger partial charge in [-0.2, -0.15) is 0 Å². The number of ether oxygens (including phenoxy) is 1. The normalized spacial score (nSPS) is 15.3. The number of aromatic nitrogens is 2. The molecule has 2 aromatic rings. The Morgan fingerprint density at radius 2 is 1.74 bits per heavy atom. The van der Waals surface area contributed by atoms with Crippen molar-refractivity contribution in [3.8, 4) is 0 Å². The molecule has 1 aromatic carbocycles. The maximum absolute atomic E-state index is 13.8. The van der Waals surface area contributed by atoms with Crippen molar-refractivity contribution in [3.05, 3.63) is 66.3 Å².